The number of benzene rings is 1. The second-order valence-corrected chi connectivity index (χ2v) is 3.95. The summed E-state index contributed by atoms with van der Waals surface area (Å²) in [5.41, 5.74) is 5.92. The number of hydrogen-bond acceptors (Lipinski definition) is 3. The molecule has 0 aliphatic rings. The van der Waals surface area contributed by atoms with E-state index in [1.807, 2.05) is 0 Å². The van der Waals surface area contributed by atoms with Crippen molar-refractivity contribution < 1.29 is 4.39 Å². The number of nitrogen functional groups attached to an aromatic ring is 1. The van der Waals surface area contributed by atoms with E-state index in [0.29, 0.717) is 15.9 Å². The quantitative estimate of drug-likeness (QED) is 0.906. The van der Waals surface area contributed by atoms with Gasteiger partial charge in [0.05, 0.1) is 12.7 Å². The molecule has 0 aliphatic heterocycles. The molecule has 78 valence electrons. The van der Waals surface area contributed by atoms with E-state index in [1.165, 1.54) is 17.1 Å². The minimum atomic E-state index is -0.291. The van der Waals surface area contributed by atoms with Crippen LogP contribution in [0.25, 0.3) is 0 Å². The van der Waals surface area contributed by atoms with E-state index in [-0.39, 0.29) is 12.4 Å². The van der Waals surface area contributed by atoms with Crippen molar-refractivity contribution in [2.75, 3.05) is 5.73 Å². The third-order valence-corrected chi connectivity index (χ3v) is 2.37. The first-order chi connectivity index (χ1) is 7.15. The van der Waals surface area contributed by atoms with Crippen molar-refractivity contribution >= 4 is 21.7 Å². The second kappa shape index (κ2) is 3.98. The van der Waals surface area contributed by atoms with Crippen molar-refractivity contribution in [1.82, 2.24) is 15.0 Å². The lowest BCUT2D eigenvalue weighted by atomic mass is 10.2. The summed E-state index contributed by atoms with van der Waals surface area (Å²) in [6.45, 7) is 0.274. The molecule has 0 saturated carbocycles. The first-order valence-corrected chi connectivity index (χ1v) is 5.04. The largest absolute Gasteiger partial charge is 0.381 e. The van der Waals surface area contributed by atoms with Gasteiger partial charge in [0.1, 0.15) is 5.82 Å². The molecule has 0 saturated heterocycles. The normalized spacial score (nSPS) is 10.5. The molecule has 1 aromatic heterocycles. The van der Waals surface area contributed by atoms with Crippen molar-refractivity contribution in [2.45, 2.75) is 6.54 Å². The highest BCUT2D eigenvalue weighted by Gasteiger charge is 2.05. The monoisotopic (exact) mass is 270 g/mol. The van der Waals surface area contributed by atoms with Crippen LogP contribution in [0.15, 0.2) is 28.9 Å². The zero-order valence-electron chi connectivity index (χ0n) is 7.69. The Kier molecular flexibility index (Phi) is 2.68. The first kappa shape index (κ1) is 10.1. The SMILES string of the molecule is Nc1cnn(Cc2ccc(Br)cc2F)n1. The lowest BCUT2D eigenvalue weighted by Gasteiger charge is -2.02. The number of nitrogens with zero attached hydrogens (tertiary/aromatic N) is 3. The van der Waals surface area contributed by atoms with Gasteiger partial charge >= 0.3 is 0 Å². The Morgan fingerprint density at radius 3 is 2.87 bits per heavy atom. The Bertz CT molecular complexity index is 483. The Balaban J connectivity index is 2.24. The van der Waals surface area contributed by atoms with Crippen molar-refractivity contribution in [2.24, 2.45) is 0 Å². The summed E-state index contributed by atoms with van der Waals surface area (Å²) in [5, 5.41) is 7.75. The average Bonchev–Trinajstić information content (AvgIpc) is 2.56. The summed E-state index contributed by atoms with van der Waals surface area (Å²) in [7, 11) is 0. The van der Waals surface area contributed by atoms with Crippen LogP contribution < -0.4 is 5.73 Å². The van der Waals surface area contributed by atoms with Gasteiger partial charge in [-0.15, -0.1) is 5.10 Å². The lowest BCUT2D eigenvalue weighted by molar-refractivity contribution is 0.550. The highest BCUT2D eigenvalue weighted by atomic mass is 79.9. The summed E-state index contributed by atoms with van der Waals surface area (Å²) >= 11 is 3.19. The van der Waals surface area contributed by atoms with E-state index >= 15 is 0 Å². The van der Waals surface area contributed by atoms with Crippen LogP contribution >= 0.6 is 15.9 Å². The van der Waals surface area contributed by atoms with Crippen LogP contribution in [0.2, 0.25) is 0 Å². The maximum atomic E-state index is 13.4. The number of nitrogens with two attached hydrogens (primary N) is 1. The molecule has 0 spiro atoms. The highest BCUT2D eigenvalue weighted by molar-refractivity contribution is 9.10. The fourth-order valence-corrected chi connectivity index (χ4v) is 1.52. The van der Waals surface area contributed by atoms with Gasteiger partial charge in [0, 0.05) is 10.0 Å². The van der Waals surface area contributed by atoms with Crippen LogP contribution in [-0.4, -0.2) is 15.0 Å². The Morgan fingerprint density at radius 1 is 1.47 bits per heavy atom. The molecule has 0 bridgehead atoms. The molecule has 1 heterocycles. The van der Waals surface area contributed by atoms with E-state index < -0.39 is 0 Å². The van der Waals surface area contributed by atoms with Crippen molar-refractivity contribution in [3.63, 3.8) is 0 Å². The Hall–Kier alpha value is -1.43. The van der Waals surface area contributed by atoms with Crippen LogP contribution in [0.4, 0.5) is 10.2 Å². The molecular weight excluding hydrogens is 263 g/mol. The standard InChI is InChI=1S/C9H8BrFN4/c10-7-2-1-6(8(11)3-7)5-15-13-4-9(12)14-15/h1-4H,5H2,(H2,12,14). The summed E-state index contributed by atoms with van der Waals surface area (Å²) < 4.78 is 14.1. The molecule has 0 fully saturated rings. The van der Waals surface area contributed by atoms with Crippen molar-refractivity contribution in [3.8, 4) is 0 Å². The van der Waals surface area contributed by atoms with E-state index in [2.05, 4.69) is 26.1 Å². The van der Waals surface area contributed by atoms with Gasteiger partial charge in [0.15, 0.2) is 5.82 Å². The van der Waals surface area contributed by atoms with Crippen LogP contribution in [0, 0.1) is 5.82 Å². The number of aromatic nitrogens is 3. The second-order valence-electron chi connectivity index (χ2n) is 3.04. The maximum absolute atomic E-state index is 13.4. The third-order valence-electron chi connectivity index (χ3n) is 1.88. The molecule has 2 rings (SSSR count). The first-order valence-electron chi connectivity index (χ1n) is 4.24. The molecule has 0 radical (unpaired) electrons. The van der Waals surface area contributed by atoms with Crippen LogP contribution in [-0.2, 0) is 6.54 Å². The summed E-state index contributed by atoms with van der Waals surface area (Å²) in [4.78, 5) is 1.35. The molecule has 0 aliphatic carbocycles. The van der Waals surface area contributed by atoms with E-state index in [4.69, 9.17) is 5.73 Å². The van der Waals surface area contributed by atoms with Crippen LogP contribution in [0.5, 0.6) is 0 Å². The van der Waals surface area contributed by atoms with E-state index in [9.17, 15) is 4.39 Å². The van der Waals surface area contributed by atoms with Gasteiger partial charge in [-0.25, -0.2) is 4.39 Å². The van der Waals surface area contributed by atoms with Crippen LogP contribution in [0.3, 0.4) is 0 Å². The van der Waals surface area contributed by atoms with Gasteiger partial charge in [0.25, 0.3) is 0 Å². The minimum absolute atomic E-state index is 0.274. The Morgan fingerprint density at radius 2 is 2.27 bits per heavy atom. The minimum Gasteiger partial charge on any atom is -0.381 e. The highest BCUT2D eigenvalue weighted by Crippen LogP contribution is 2.15. The zero-order chi connectivity index (χ0) is 10.8. The number of anilines is 1. The van der Waals surface area contributed by atoms with Gasteiger partial charge < -0.3 is 5.73 Å². The topological polar surface area (TPSA) is 56.7 Å². The van der Waals surface area contributed by atoms with Gasteiger partial charge in [0.2, 0.25) is 0 Å². The number of hydrogen-bond donors (Lipinski definition) is 1. The fourth-order valence-electron chi connectivity index (χ4n) is 1.19. The predicted molar refractivity (Wildman–Crippen MR) is 57.6 cm³/mol. The van der Waals surface area contributed by atoms with Crippen LogP contribution in [0.1, 0.15) is 5.56 Å². The maximum Gasteiger partial charge on any atom is 0.165 e. The molecule has 6 heteroatoms. The van der Waals surface area contributed by atoms with E-state index in [1.54, 1.807) is 12.1 Å². The van der Waals surface area contributed by atoms with E-state index in [0.717, 1.165) is 0 Å². The third kappa shape index (κ3) is 2.33. The predicted octanol–water partition coefficient (Wildman–Crippen LogP) is 1.81. The smallest absolute Gasteiger partial charge is 0.165 e. The molecule has 0 unspecified atom stereocenters. The molecular formula is C9H8BrFN4. The molecule has 4 nitrogen and oxygen atoms in total. The number of halogens is 2. The zero-order valence-corrected chi connectivity index (χ0v) is 9.28. The van der Waals surface area contributed by atoms with Gasteiger partial charge in [-0.2, -0.15) is 9.90 Å². The van der Waals surface area contributed by atoms with Crippen molar-refractivity contribution in [3.05, 3.63) is 40.2 Å². The fraction of sp³-hybridized carbons (Fsp3) is 0.111. The molecule has 0 amide bonds. The average molecular weight is 271 g/mol. The molecule has 0 atom stereocenters. The van der Waals surface area contributed by atoms with Gasteiger partial charge in [-0.05, 0) is 12.1 Å². The summed E-state index contributed by atoms with van der Waals surface area (Å²) in [6, 6.07) is 4.85. The summed E-state index contributed by atoms with van der Waals surface area (Å²) in [6.07, 6.45) is 1.43. The molecule has 2 aromatic rings. The van der Waals surface area contributed by atoms with Gasteiger partial charge in [-0.1, -0.05) is 22.0 Å². The lowest BCUT2D eigenvalue weighted by Crippen LogP contribution is -2.05. The van der Waals surface area contributed by atoms with Crippen molar-refractivity contribution in [1.29, 1.82) is 0 Å². The van der Waals surface area contributed by atoms with Gasteiger partial charge in [-0.3, -0.25) is 0 Å². The Labute approximate surface area is 94.0 Å². The molecule has 2 N–H and O–H groups in total. The summed E-state index contributed by atoms with van der Waals surface area (Å²) in [5.74, 6) is 0.0350. The molecule has 15 heavy (non-hydrogen) atoms. The molecule has 1 aromatic carbocycles. The number of rotatable bonds is 2.